The number of benzene rings is 2. The number of aromatic amines is 1. The van der Waals surface area contributed by atoms with Gasteiger partial charge in [0, 0.05) is 28.7 Å². The molecule has 1 fully saturated rings. The molecule has 1 atom stereocenters. The Kier molecular flexibility index (Phi) is 4.80. The van der Waals surface area contributed by atoms with Crippen LogP contribution in [0.25, 0.3) is 10.9 Å². The van der Waals surface area contributed by atoms with Crippen LogP contribution in [0.1, 0.15) is 36.0 Å². The van der Waals surface area contributed by atoms with Crippen molar-refractivity contribution in [2.75, 3.05) is 19.6 Å². The Morgan fingerprint density at radius 1 is 1.08 bits per heavy atom. The van der Waals surface area contributed by atoms with Gasteiger partial charge in [-0.25, -0.2) is 0 Å². The maximum Gasteiger partial charge on any atom is 0.0916 e. The Hall–Kier alpha value is -1.81. The summed E-state index contributed by atoms with van der Waals surface area (Å²) in [5, 5.41) is 12.5. The largest absolute Gasteiger partial charge is 0.387 e. The molecule has 130 valence electrons. The number of halogens is 1. The Labute approximate surface area is 153 Å². The summed E-state index contributed by atoms with van der Waals surface area (Å²) >= 11 is 5.92. The summed E-state index contributed by atoms with van der Waals surface area (Å²) < 4.78 is 0. The number of nitrogens with one attached hydrogen (secondary N) is 1. The molecule has 4 heteroatoms. The molecule has 3 nitrogen and oxygen atoms in total. The highest BCUT2D eigenvalue weighted by molar-refractivity contribution is 6.30. The van der Waals surface area contributed by atoms with Crippen LogP contribution >= 0.6 is 11.6 Å². The molecule has 4 rings (SSSR count). The van der Waals surface area contributed by atoms with Crippen molar-refractivity contribution in [2.45, 2.75) is 24.9 Å². The summed E-state index contributed by atoms with van der Waals surface area (Å²) in [7, 11) is 0. The van der Waals surface area contributed by atoms with Gasteiger partial charge in [0.25, 0.3) is 0 Å². The third-order valence-electron chi connectivity index (χ3n) is 5.34. The first-order chi connectivity index (χ1) is 12.2. The Balaban J connectivity index is 1.38. The van der Waals surface area contributed by atoms with E-state index in [2.05, 4.69) is 34.1 Å². The van der Waals surface area contributed by atoms with Gasteiger partial charge in [-0.05, 0) is 67.2 Å². The minimum atomic E-state index is -0.457. The molecule has 2 heterocycles. The molecular formula is C21H23ClN2O. The fraction of sp³-hybridized carbons (Fsp3) is 0.333. The van der Waals surface area contributed by atoms with E-state index in [1.807, 2.05) is 30.5 Å². The van der Waals surface area contributed by atoms with Gasteiger partial charge in [-0.3, -0.25) is 0 Å². The summed E-state index contributed by atoms with van der Waals surface area (Å²) in [5.41, 5.74) is 3.61. The van der Waals surface area contributed by atoms with Crippen molar-refractivity contribution in [3.05, 3.63) is 70.9 Å². The topological polar surface area (TPSA) is 39.3 Å². The van der Waals surface area contributed by atoms with Crippen LogP contribution in [0.5, 0.6) is 0 Å². The number of rotatable bonds is 4. The van der Waals surface area contributed by atoms with E-state index in [4.69, 9.17) is 11.6 Å². The average Bonchev–Trinajstić information content (AvgIpc) is 3.12. The van der Waals surface area contributed by atoms with Crippen LogP contribution in [0, 0.1) is 0 Å². The van der Waals surface area contributed by atoms with E-state index in [1.165, 1.54) is 16.5 Å². The minimum Gasteiger partial charge on any atom is -0.387 e. The number of nitrogens with zero attached hydrogens (tertiary/aromatic N) is 1. The summed E-state index contributed by atoms with van der Waals surface area (Å²) in [4.78, 5) is 5.67. The SMILES string of the molecule is OC(CN1CCC(c2cccc3[nH]ccc23)CC1)c1ccc(Cl)cc1. The second-order valence-electron chi connectivity index (χ2n) is 6.93. The molecule has 2 N–H and O–H groups in total. The molecule has 0 bridgehead atoms. The molecule has 1 aromatic heterocycles. The van der Waals surface area contributed by atoms with Crippen molar-refractivity contribution in [1.29, 1.82) is 0 Å². The van der Waals surface area contributed by atoms with Crippen molar-refractivity contribution in [3.8, 4) is 0 Å². The number of aliphatic hydroxyl groups is 1. The van der Waals surface area contributed by atoms with Crippen LogP contribution in [-0.2, 0) is 0 Å². The lowest BCUT2D eigenvalue weighted by Gasteiger charge is -2.33. The van der Waals surface area contributed by atoms with E-state index in [9.17, 15) is 5.11 Å². The van der Waals surface area contributed by atoms with Gasteiger partial charge in [0.1, 0.15) is 0 Å². The number of aromatic nitrogens is 1. The Morgan fingerprint density at radius 3 is 2.60 bits per heavy atom. The van der Waals surface area contributed by atoms with Gasteiger partial charge in [-0.15, -0.1) is 0 Å². The Morgan fingerprint density at radius 2 is 1.84 bits per heavy atom. The van der Waals surface area contributed by atoms with Crippen molar-refractivity contribution < 1.29 is 5.11 Å². The zero-order valence-corrected chi connectivity index (χ0v) is 14.9. The quantitative estimate of drug-likeness (QED) is 0.710. The molecule has 0 aliphatic carbocycles. The molecule has 3 aromatic rings. The lowest BCUT2D eigenvalue weighted by Crippen LogP contribution is -2.36. The molecule has 25 heavy (non-hydrogen) atoms. The molecule has 1 unspecified atom stereocenters. The summed E-state index contributed by atoms with van der Waals surface area (Å²) in [6.07, 6.45) is 3.84. The predicted molar refractivity (Wildman–Crippen MR) is 103 cm³/mol. The van der Waals surface area contributed by atoms with Gasteiger partial charge in [0.2, 0.25) is 0 Å². The van der Waals surface area contributed by atoms with Gasteiger partial charge in [0.15, 0.2) is 0 Å². The molecule has 2 aromatic carbocycles. The first-order valence-corrected chi connectivity index (χ1v) is 9.30. The lowest BCUT2D eigenvalue weighted by molar-refractivity contribution is 0.0974. The number of hydrogen-bond donors (Lipinski definition) is 2. The van der Waals surface area contributed by atoms with Crippen molar-refractivity contribution in [1.82, 2.24) is 9.88 Å². The summed E-state index contributed by atoms with van der Waals surface area (Å²) in [6.45, 7) is 2.73. The number of piperidine rings is 1. The van der Waals surface area contributed by atoms with Crippen LogP contribution in [-0.4, -0.2) is 34.6 Å². The third kappa shape index (κ3) is 3.59. The molecule has 1 saturated heterocycles. The minimum absolute atomic E-state index is 0.457. The molecular weight excluding hydrogens is 332 g/mol. The molecule has 0 amide bonds. The van der Waals surface area contributed by atoms with Gasteiger partial charge in [-0.1, -0.05) is 35.9 Å². The maximum absolute atomic E-state index is 10.5. The normalized spacial score (nSPS) is 17.8. The molecule has 1 aliphatic heterocycles. The van der Waals surface area contributed by atoms with Crippen LogP contribution in [0.3, 0.4) is 0 Å². The van der Waals surface area contributed by atoms with E-state index in [0.29, 0.717) is 17.5 Å². The maximum atomic E-state index is 10.5. The number of β-amino-alcohol motifs (C(OH)–C–C–N with tert-alkyl or cyclic N) is 1. The van der Waals surface area contributed by atoms with E-state index >= 15 is 0 Å². The van der Waals surface area contributed by atoms with Crippen molar-refractivity contribution in [2.24, 2.45) is 0 Å². The second-order valence-corrected chi connectivity index (χ2v) is 7.36. The van der Waals surface area contributed by atoms with Crippen molar-refractivity contribution in [3.63, 3.8) is 0 Å². The highest BCUT2D eigenvalue weighted by atomic mass is 35.5. The van der Waals surface area contributed by atoms with Crippen LogP contribution in [0.15, 0.2) is 54.7 Å². The lowest BCUT2D eigenvalue weighted by atomic mass is 9.87. The fourth-order valence-corrected chi connectivity index (χ4v) is 4.05. The van der Waals surface area contributed by atoms with Crippen LogP contribution in [0.2, 0.25) is 5.02 Å². The highest BCUT2D eigenvalue weighted by Crippen LogP contribution is 2.33. The molecule has 0 saturated carbocycles. The second kappa shape index (κ2) is 7.20. The van der Waals surface area contributed by atoms with E-state index < -0.39 is 6.10 Å². The standard InChI is InChI=1S/C21H23ClN2O/c22-17-6-4-16(5-7-17)21(25)14-24-12-9-15(10-13-24)18-2-1-3-20-19(18)8-11-23-20/h1-8,11,15,21,23,25H,9-10,12-14H2. The van der Waals surface area contributed by atoms with Gasteiger partial charge >= 0.3 is 0 Å². The monoisotopic (exact) mass is 354 g/mol. The molecule has 0 spiro atoms. The smallest absolute Gasteiger partial charge is 0.0916 e. The van der Waals surface area contributed by atoms with Gasteiger partial charge in [0.05, 0.1) is 6.10 Å². The fourth-order valence-electron chi connectivity index (χ4n) is 3.93. The summed E-state index contributed by atoms with van der Waals surface area (Å²) in [5.74, 6) is 0.600. The molecule has 1 aliphatic rings. The zero-order valence-electron chi connectivity index (χ0n) is 14.2. The van der Waals surface area contributed by atoms with Crippen molar-refractivity contribution >= 4 is 22.5 Å². The number of likely N-dealkylation sites (tertiary alicyclic amines) is 1. The van der Waals surface area contributed by atoms with E-state index in [0.717, 1.165) is 31.5 Å². The number of hydrogen-bond acceptors (Lipinski definition) is 2. The number of fused-ring (bicyclic) bond motifs is 1. The van der Waals surface area contributed by atoms with Crippen LogP contribution < -0.4 is 0 Å². The van der Waals surface area contributed by atoms with Gasteiger partial charge < -0.3 is 15.0 Å². The predicted octanol–water partition coefficient (Wildman–Crippen LogP) is 4.73. The number of H-pyrrole nitrogens is 1. The first kappa shape index (κ1) is 16.6. The first-order valence-electron chi connectivity index (χ1n) is 8.92. The Bertz CT molecular complexity index is 834. The highest BCUT2D eigenvalue weighted by Gasteiger charge is 2.23. The number of aliphatic hydroxyl groups excluding tert-OH is 1. The zero-order chi connectivity index (χ0) is 17.2. The molecule has 0 radical (unpaired) electrons. The van der Waals surface area contributed by atoms with E-state index in [1.54, 1.807) is 0 Å². The van der Waals surface area contributed by atoms with E-state index in [-0.39, 0.29) is 0 Å². The third-order valence-corrected chi connectivity index (χ3v) is 5.59. The summed E-state index contributed by atoms with van der Waals surface area (Å²) in [6, 6.07) is 16.2. The van der Waals surface area contributed by atoms with Gasteiger partial charge in [-0.2, -0.15) is 0 Å². The van der Waals surface area contributed by atoms with Crippen LogP contribution in [0.4, 0.5) is 0 Å². The average molecular weight is 355 g/mol.